The van der Waals surface area contributed by atoms with Crippen LogP contribution in [-0.2, 0) is 20.4 Å². The van der Waals surface area contributed by atoms with Crippen molar-refractivity contribution in [2.24, 2.45) is 9.98 Å². The molecule has 0 aromatic carbocycles. The zero-order valence-electron chi connectivity index (χ0n) is 27.0. The summed E-state index contributed by atoms with van der Waals surface area (Å²) >= 11 is 6.97. The van der Waals surface area contributed by atoms with Gasteiger partial charge in [0.2, 0.25) is 0 Å². The molecule has 4 aliphatic rings. The lowest BCUT2D eigenvalue weighted by Crippen LogP contribution is -2.26. The highest BCUT2D eigenvalue weighted by Crippen LogP contribution is 2.67. The molecule has 3 aromatic rings. The molecule has 0 spiro atoms. The Labute approximate surface area is 303 Å². The Morgan fingerprint density at radius 2 is 1.20 bits per heavy atom. The Bertz CT molecular complexity index is 2180. The Morgan fingerprint density at radius 1 is 0.755 bits per heavy atom. The van der Waals surface area contributed by atoms with Crippen molar-refractivity contribution in [1.82, 2.24) is 9.80 Å². The molecule has 0 saturated carbocycles. The highest BCUT2D eigenvalue weighted by atomic mass is 32.2. The quantitative estimate of drug-likeness (QED) is 0.193. The van der Waals surface area contributed by atoms with Crippen LogP contribution in [0.5, 0.6) is 0 Å². The number of amides is 2. The molecule has 0 N–H and O–H groups in total. The molecule has 15 heteroatoms. The minimum absolute atomic E-state index is 0.102. The molecule has 2 aliphatic carbocycles. The van der Waals surface area contributed by atoms with Crippen LogP contribution in [0.25, 0.3) is 24.4 Å². The van der Waals surface area contributed by atoms with Gasteiger partial charge in [0.25, 0.3) is 17.5 Å². The van der Waals surface area contributed by atoms with Crippen LogP contribution in [0.3, 0.4) is 0 Å². The van der Waals surface area contributed by atoms with Crippen molar-refractivity contribution in [2.75, 3.05) is 13.1 Å². The second-order valence-electron chi connectivity index (χ2n) is 12.3. The van der Waals surface area contributed by atoms with Crippen molar-refractivity contribution in [3.8, 4) is 37.7 Å². The smallest absolute Gasteiger partial charge is 0.291 e. The maximum Gasteiger partial charge on any atom is 0.291 e. The number of allylic oxidation sites excluding steroid dienone is 2. The zero-order chi connectivity index (χ0) is 35.2. The summed E-state index contributed by atoms with van der Waals surface area (Å²) in [5.41, 5.74) is 4.06. The summed E-state index contributed by atoms with van der Waals surface area (Å²) in [4.78, 5) is 46.6. The summed E-state index contributed by atoms with van der Waals surface area (Å²) in [6.45, 7) is 20.5. The summed E-state index contributed by atoms with van der Waals surface area (Å²) in [5, 5.41) is 30.8. The zero-order valence-corrected chi connectivity index (χ0v) is 31.1. The molecule has 7 rings (SSSR count). The summed E-state index contributed by atoms with van der Waals surface area (Å²) in [7, 11) is 0. The SMILES string of the molecule is [C-]#[N+]/C(C#N)=C1/SC(=Nc2cc3c(s2)-c2sc4c(c2C3(C)C)C(C)(C)c2cc(N=C3SC(=C(C#N)C#N)N(CC)C3=O)sc2-4)C(=O)N1CC. The van der Waals surface area contributed by atoms with Crippen molar-refractivity contribution in [2.45, 2.75) is 52.4 Å². The van der Waals surface area contributed by atoms with E-state index < -0.39 is 0 Å². The van der Waals surface area contributed by atoms with Gasteiger partial charge in [0, 0.05) is 33.7 Å². The first-order chi connectivity index (χ1) is 23.4. The van der Waals surface area contributed by atoms with Crippen molar-refractivity contribution in [3.05, 3.63) is 67.1 Å². The van der Waals surface area contributed by atoms with Crippen LogP contribution in [0.1, 0.15) is 63.8 Å². The maximum absolute atomic E-state index is 13.2. The number of nitriles is 3. The van der Waals surface area contributed by atoms with Crippen molar-refractivity contribution >= 4 is 89.4 Å². The van der Waals surface area contributed by atoms with E-state index in [1.54, 1.807) is 47.9 Å². The van der Waals surface area contributed by atoms with Gasteiger partial charge >= 0.3 is 0 Å². The predicted octanol–water partition coefficient (Wildman–Crippen LogP) is 8.61. The van der Waals surface area contributed by atoms with Gasteiger partial charge in [-0.05, 0) is 60.0 Å². The number of aliphatic imine (C=N–C) groups is 2. The Kier molecular flexibility index (Phi) is 7.79. The molecule has 49 heavy (non-hydrogen) atoms. The van der Waals surface area contributed by atoms with E-state index in [0.717, 1.165) is 44.4 Å². The van der Waals surface area contributed by atoms with Crippen LogP contribution in [-0.4, -0.2) is 44.8 Å². The summed E-state index contributed by atoms with van der Waals surface area (Å²) in [5.74, 6) is -0.624. The number of nitrogens with zero attached hydrogens (tertiary/aromatic N) is 8. The van der Waals surface area contributed by atoms with E-state index in [0.29, 0.717) is 33.1 Å². The second-order valence-corrected chi connectivity index (χ2v) is 17.4. The molecule has 5 heterocycles. The van der Waals surface area contributed by atoms with Gasteiger partial charge in [0.15, 0.2) is 15.7 Å². The minimum atomic E-state index is -0.319. The first kappa shape index (κ1) is 33.0. The van der Waals surface area contributed by atoms with Crippen LogP contribution >= 0.6 is 57.5 Å². The van der Waals surface area contributed by atoms with Crippen LogP contribution in [0.15, 0.2) is 43.4 Å². The Balaban J connectivity index is 1.27. The van der Waals surface area contributed by atoms with E-state index in [1.807, 2.05) is 18.2 Å². The van der Waals surface area contributed by atoms with Crippen molar-refractivity contribution in [1.29, 1.82) is 15.8 Å². The molecule has 0 radical (unpaired) electrons. The van der Waals surface area contributed by atoms with E-state index in [9.17, 15) is 25.4 Å². The van der Waals surface area contributed by atoms with Crippen molar-refractivity contribution < 1.29 is 9.59 Å². The first-order valence-electron chi connectivity index (χ1n) is 15.1. The van der Waals surface area contributed by atoms with Gasteiger partial charge in [0.1, 0.15) is 32.2 Å². The van der Waals surface area contributed by atoms with E-state index >= 15 is 0 Å². The number of thiophene rings is 3. The lowest BCUT2D eigenvalue weighted by atomic mass is 9.74. The highest BCUT2D eigenvalue weighted by Gasteiger charge is 2.50. The van der Waals surface area contributed by atoms with Gasteiger partial charge in [-0.25, -0.2) is 20.1 Å². The third-order valence-corrected chi connectivity index (χ3v) is 14.7. The first-order valence-corrected chi connectivity index (χ1v) is 19.1. The van der Waals surface area contributed by atoms with Gasteiger partial charge in [-0.2, -0.15) is 10.5 Å². The maximum atomic E-state index is 13.2. The molecule has 0 bridgehead atoms. The Morgan fingerprint density at radius 3 is 1.61 bits per heavy atom. The van der Waals surface area contributed by atoms with Gasteiger partial charge < -0.3 is 4.90 Å². The van der Waals surface area contributed by atoms with Crippen LogP contribution in [0.4, 0.5) is 10.0 Å². The summed E-state index contributed by atoms with van der Waals surface area (Å²) < 4.78 is 0. The molecular formula is C34H24N8O2S5. The van der Waals surface area contributed by atoms with Gasteiger partial charge in [-0.15, -0.1) is 34.0 Å². The average Bonchev–Trinajstić information content (AvgIpc) is 3.91. The average molecular weight is 737 g/mol. The monoisotopic (exact) mass is 736 g/mol. The molecule has 2 fully saturated rings. The summed E-state index contributed by atoms with van der Waals surface area (Å²) in [6, 6.07) is 9.80. The molecule has 3 aromatic heterocycles. The van der Waals surface area contributed by atoms with Crippen molar-refractivity contribution in [3.63, 3.8) is 0 Å². The molecule has 2 amide bonds. The second kappa shape index (κ2) is 11.6. The van der Waals surface area contributed by atoms with Crippen LogP contribution in [0.2, 0.25) is 0 Å². The standard InChI is InChI=1S/C34H24N8O2S5/c1-8-41-29(43)27(48-31(41)15(12-35)13-36)39-19-10-16-23(45-19)25-21(33(16,3)4)22-26(47-25)24-17(34(22,5)6)11-20(46-24)40-28-30(44)42(9-2)32(49-28)18(14-37)38-7/h10-11H,8-9H2,1-6H3/b32-18+,39-27?,40-28?. The highest BCUT2D eigenvalue weighted by molar-refractivity contribution is 8.20. The van der Waals surface area contributed by atoms with E-state index in [-0.39, 0.29) is 44.0 Å². The third kappa shape index (κ3) is 4.61. The van der Waals surface area contributed by atoms with Gasteiger partial charge in [0.05, 0.1) is 22.4 Å². The third-order valence-electron chi connectivity index (χ3n) is 9.00. The molecule has 2 aliphatic heterocycles. The fourth-order valence-corrected chi connectivity index (χ4v) is 13.2. The number of hydrogen-bond donors (Lipinski definition) is 0. The number of carbonyl (C=O) groups excluding carboxylic acids is 2. The van der Waals surface area contributed by atoms with E-state index in [1.165, 1.54) is 30.7 Å². The Hall–Kier alpha value is -4.48. The molecule has 242 valence electrons. The lowest BCUT2D eigenvalue weighted by Gasteiger charge is -2.28. The topological polar surface area (TPSA) is 141 Å². The summed E-state index contributed by atoms with van der Waals surface area (Å²) in [6.07, 6.45) is 0. The molecule has 10 nitrogen and oxygen atoms in total. The molecular weight excluding hydrogens is 713 g/mol. The normalized spacial score (nSPS) is 20.6. The molecule has 2 saturated heterocycles. The molecule has 0 unspecified atom stereocenters. The number of rotatable bonds is 4. The van der Waals surface area contributed by atoms with E-state index in [2.05, 4.69) is 44.7 Å². The number of carbonyl (C=O) groups is 2. The fraction of sp³-hybridized carbons (Fsp3) is 0.294. The number of thioether (sulfide) groups is 2. The number of hydrogen-bond acceptors (Lipinski definition) is 12. The number of fused-ring (bicyclic) bond motifs is 7. The van der Waals surface area contributed by atoms with Crippen LogP contribution in [0, 0.1) is 40.6 Å². The largest absolute Gasteiger partial charge is 0.309 e. The van der Waals surface area contributed by atoms with E-state index in [4.69, 9.17) is 16.6 Å². The van der Waals surface area contributed by atoms with Crippen LogP contribution < -0.4 is 0 Å². The molecule has 0 atom stereocenters. The lowest BCUT2D eigenvalue weighted by molar-refractivity contribution is -0.121. The minimum Gasteiger partial charge on any atom is -0.309 e. The fourth-order valence-electron chi connectivity index (χ4n) is 6.66. The predicted molar refractivity (Wildman–Crippen MR) is 197 cm³/mol. The van der Waals surface area contributed by atoms with Gasteiger partial charge in [-0.1, -0.05) is 39.5 Å². The van der Waals surface area contributed by atoms with Gasteiger partial charge in [-0.3, -0.25) is 14.5 Å².